The molecule has 0 spiro atoms. The van der Waals surface area contributed by atoms with Crippen molar-refractivity contribution in [2.75, 3.05) is 18.4 Å². The van der Waals surface area contributed by atoms with Crippen molar-refractivity contribution in [2.45, 2.75) is 19.8 Å². The topological polar surface area (TPSA) is 73.2 Å². The number of carbonyl (C=O) groups excluding carboxylic acids is 2. The standard InChI is InChI=1S/C21H21N3O2/c1-15-5-4-12-24(14-15)21(26)17-10-8-16(9-11-17)20(25)23-19-7-3-2-6-18(19)13-22/h2-3,6-11,15H,4-5,12,14H2,1H3,(H,23,25). The lowest BCUT2D eigenvalue weighted by Crippen LogP contribution is -2.39. The van der Waals surface area contributed by atoms with E-state index in [9.17, 15) is 9.59 Å². The zero-order chi connectivity index (χ0) is 18.5. The maximum Gasteiger partial charge on any atom is 0.255 e. The Morgan fingerprint density at radius 3 is 2.50 bits per heavy atom. The number of anilines is 1. The number of nitriles is 1. The molecule has 2 amide bonds. The molecule has 1 atom stereocenters. The van der Waals surface area contributed by atoms with Gasteiger partial charge in [0.2, 0.25) is 0 Å². The van der Waals surface area contributed by atoms with Crippen molar-refractivity contribution >= 4 is 17.5 Å². The summed E-state index contributed by atoms with van der Waals surface area (Å²) in [6.45, 7) is 3.73. The second-order valence-electron chi connectivity index (χ2n) is 6.69. The van der Waals surface area contributed by atoms with Gasteiger partial charge in [-0.15, -0.1) is 0 Å². The van der Waals surface area contributed by atoms with E-state index in [4.69, 9.17) is 5.26 Å². The number of nitrogens with zero attached hydrogens (tertiary/aromatic N) is 2. The first-order valence-electron chi connectivity index (χ1n) is 8.78. The number of carbonyl (C=O) groups is 2. The first kappa shape index (κ1) is 17.7. The number of piperidine rings is 1. The van der Waals surface area contributed by atoms with Crippen LogP contribution in [0.2, 0.25) is 0 Å². The molecule has 0 aliphatic carbocycles. The maximum absolute atomic E-state index is 12.6. The van der Waals surface area contributed by atoms with Gasteiger partial charge in [-0.05, 0) is 55.2 Å². The number of hydrogen-bond acceptors (Lipinski definition) is 3. The lowest BCUT2D eigenvalue weighted by molar-refractivity contribution is 0.0682. The van der Waals surface area contributed by atoms with E-state index in [2.05, 4.69) is 18.3 Å². The van der Waals surface area contributed by atoms with Crippen molar-refractivity contribution in [1.29, 1.82) is 5.26 Å². The number of para-hydroxylation sites is 1. The largest absolute Gasteiger partial charge is 0.338 e. The van der Waals surface area contributed by atoms with E-state index in [0.29, 0.717) is 28.3 Å². The van der Waals surface area contributed by atoms with E-state index >= 15 is 0 Å². The molecule has 5 nitrogen and oxygen atoms in total. The van der Waals surface area contributed by atoms with Crippen LogP contribution in [0.25, 0.3) is 0 Å². The molecule has 1 unspecified atom stereocenters. The van der Waals surface area contributed by atoms with E-state index in [0.717, 1.165) is 25.9 Å². The van der Waals surface area contributed by atoms with Crippen molar-refractivity contribution in [1.82, 2.24) is 4.90 Å². The van der Waals surface area contributed by atoms with Crippen LogP contribution in [0.3, 0.4) is 0 Å². The second-order valence-corrected chi connectivity index (χ2v) is 6.69. The van der Waals surface area contributed by atoms with Gasteiger partial charge in [0.15, 0.2) is 0 Å². The maximum atomic E-state index is 12.6. The van der Waals surface area contributed by atoms with Gasteiger partial charge in [0.25, 0.3) is 11.8 Å². The van der Waals surface area contributed by atoms with Crippen LogP contribution < -0.4 is 5.32 Å². The van der Waals surface area contributed by atoms with Gasteiger partial charge in [-0.3, -0.25) is 9.59 Å². The molecule has 2 aromatic rings. The monoisotopic (exact) mass is 347 g/mol. The third kappa shape index (κ3) is 3.92. The number of amides is 2. The Kier molecular flexibility index (Phi) is 5.33. The zero-order valence-corrected chi connectivity index (χ0v) is 14.7. The first-order chi connectivity index (χ1) is 12.6. The third-order valence-corrected chi connectivity index (χ3v) is 4.63. The molecule has 0 aromatic heterocycles. The molecule has 1 fully saturated rings. The molecule has 0 radical (unpaired) electrons. The molecule has 0 bridgehead atoms. The lowest BCUT2D eigenvalue weighted by atomic mass is 9.99. The minimum atomic E-state index is -0.307. The number of rotatable bonds is 3. The normalized spacial score (nSPS) is 16.6. The predicted molar refractivity (Wildman–Crippen MR) is 99.9 cm³/mol. The molecule has 1 aliphatic rings. The van der Waals surface area contributed by atoms with Crippen molar-refractivity contribution < 1.29 is 9.59 Å². The summed E-state index contributed by atoms with van der Waals surface area (Å²) in [5.41, 5.74) is 1.92. The predicted octanol–water partition coefficient (Wildman–Crippen LogP) is 3.68. The SMILES string of the molecule is CC1CCCN(C(=O)c2ccc(C(=O)Nc3ccccc3C#N)cc2)C1. The molecule has 1 heterocycles. The van der Waals surface area contributed by atoms with Gasteiger partial charge in [-0.25, -0.2) is 0 Å². The van der Waals surface area contributed by atoms with Crippen molar-refractivity contribution in [3.63, 3.8) is 0 Å². The highest BCUT2D eigenvalue weighted by Gasteiger charge is 2.22. The van der Waals surface area contributed by atoms with Crippen LogP contribution in [0.1, 0.15) is 46.0 Å². The van der Waals surface area contributed by atoms with E-state index < -0.39 is 0 Å². The zero-order valence-electron chi connectivity index (χ0n) is 14.7. The number of benzene rings is 2. The van der Waals surface area contributed by atoms with Crippen LogP contribution in [-0.2, 0) is 0 Å². The summed E-state index contributed by atoms with van der Waals surface area (Å²) in [5, 5.41) is 11.8. The van der Waals surface area contributed by atoms with Crippen molar-refractivity contribution in [2.24, 2.45) is 5.92 Å². The molecule has 132 valence electrons. The van der Waals surface area contributed by atoms with Crippen LogP contribution in [0.4, 0.5) is 5.69 Å². The van der Waals surface area contributed by atoms with Crippen LogP contribution in [0.15, 0.2) is 48.5 Å². The lowest BCUT2D eigenvalue weighted by Gasteiger charge is -2.31. The van der Waals surface area contributed by atoms with Crippen LogP contribution >= 0.6 is 0 Å². The van der Waals surface area contributed by atoms with Crippen molar-refractivity contribution in [3.05, 3.63) is 65.2 Å². The van der Waals surface area contributed by atoms with Crippen LogP contribution in [-0.4, -0.2) is 29.8 Å². The van der Waals surface area contributed by atoms with E-state index in [-0.39, 0.29) is 11.8 Å². The molecule has 1 N–H and O–H groups in total. The summed E-state index contributed by atoms with van der Waals surface area (Å²) in [4.78, 5) is 26.9. The van der Waals surface area contributed by atoms with Gasteiger partial charge in [-0.2, -0.15) is 5.26 Å². The molecule has 1 aliphatic heterocycles. The highest BCUT2D eigenvalue weighted by atomic mass is 16.2. The average Bonchev–Trinajstić information content (AvgIpc) is 2.68. The quantitative estimate of drug-likeness (QED) is 0.920. The van der Waals surface area contributed by atoms with Gasteiger partial charge in [0, 0.05) is 24.2 Å². The fourth-order valence-electron chi connectivity index (χ4n) is 3.20. The molecule has 2 aromatic carbocycles. The first-order valence-corrected chi connectivity index (χ1v) is 8.78. The van der Waals surface area contributed by atoms with Gasteiger partial charge >= 0.3 is 0 Å². The number of nitrogens with one attached hydrogen (secondary N) is 1. The molecule has 26 heavy (non-hydrogen) atoms. The Labute approximate surface area is 153 Å². The summed E-state index contributed by atoms with van der Waals surface area (Å²) in [6.07, 6.45) is 2.19. The minimum absolute atomic E-state index is 0.0123. The summed E-state index contributed by atoms with van der Waals surface area (Å²) >= 11 is 0. The van der Waals surface area contributed by atoms with Crippen LogP contribution in [0.5, 0.6) is 0 Å². The molecule has 5 heteroatoms. The second kappa shape index (κ2) is 7.83. The Hall–Kier alpha value is -3.13. The minimum Gasteiger partial charge on any atom is -0.338 e. The summed E-state index contributed by atoms with van der Waals surface area (Å²) < 4.78 is 0. The number of likely N-dealkylation sites (tertiary alicyclic amines) is 1. The Morgan fingerprint density at radius 2 is 1.81 bits per heavy atom. The molecule has 3 rings (SSSR count). The summed E-state index contributed by atoms with van der Waals surface area (Å²) in [5.74, 6) is 0.231. The molecule has 0 saturated carbocycles. The highest BCUT2D eigenvalue weighted by Crippen LogP contribution is 2.19. The smallest absolute Gasteiger partial charge is 0.255 e. The van der Waals surface area contributed by atoms with Crippen LogP contribution in [0, 0.1) is 17.2 Å². The molecular formula is C21H21N3O2. The van der Waals surface area contributed by atoms with Gasteiger partial charge < -0.3 is 10.2 Å². The van der Waals surface area contributed by atoms with Gasteiger partial charge in [-0.1, -0.05) is 19.1 Å². The average molecular weight is 347 g/mol. The van der Waals surface area contributed by atoms with Gasteiger partial charge in [0.1, 0.15) is 6.07 Å². The van der Waals surface area contributed by atoms with Crippen molar-refractivity contribution in [3.8, 4) is 6.07 Å². The third-order valence-electron chi connectivity index (χ3n) is 4.63. The Balaban J connectivity index is 1.70. The Bertz CT molecular complexity index is 852. The number of hydrogen-bond donors (Lipinski definition) is 1. The molecule has 1 saturated heterocycles. The Morgan fingerprint density at radius 1 is 1.12 bits per heavy atom. The summed E-state index contributed by atoms with van der Waals surface area (Å²) in [6, 6.07) is 15.6. The fraction of sp³-hybridized carbons (Fsp3) is 0.286. The van der Waals surface area contributed by atoms with Gasteiger partial charge in [0.05, 0.1) is 11.3 Å². The van der Waals surface area contributed by atoms with E-state index in [1.165, 1.54) is 0 Å². The molecular weight excluding hydrogens is 326 g/mol. The fourth-order valence-corrected chi connectivity index (χ4v) is 3.20. The summed E-state index contributed by atoms with van der Waals surface area (Å²) in [7, 11) is 0. The van der Waals surface area contributed by atoms with E-state index in [1.807, 2.05) is 4.90 Å². The van der Waals surface area contributed by atoms with E-state index in [1.54, 1.807) is 48.5 Å². The highest BCUT2D eigenvalue weighted by molar-refractivity contribution is 6.05.